The standard InChI is InChI=1S/C25H14N4/c1-27-22-14-17(15-26)16-28-25(22)18-10-12-19(13-11-18)29-23-8-4-2-6-20(23)21-7-3-5-9-24(21)29/h2-14,16H. The minimum atomic E-state index is 0.383. The van der Waals surface area contributed by atoms with E-state index in [1.165, 1.54) is 17.0 Å². The predicted molar refractivity (Wildman–Crippen MR) is 115 cm³/mol. The lowest BCUT2D eigenvalue weighted by atomic mass is 10.1. The minimum Gasteiger partial charge on any atom is -0.309 e. The van der Waals surface area contributed by atoms with Gasteiger partial charge in [-0.2, -0.15) is 5.26 Å². The van der Waals surface area contributed by atoms with E-state index in [1.807, 2.05) is 30.3 Å². The fourth-order valence-electron chi connectivity index (χ4n) is 3.79. The van der Waals surface area contributed by atoms with Gasteiger partial charge < -0.3 is 4.57 Å². The van der Waals surface area contributed by atoms with Crippen LogP contribution in [0.3, 0.4) is 0 Å². The largest absolute Gasteiger partial charge is 0.309 e. The van der Waals surface area contributed by atoms with E-state index in [-0.39, 0.29) is 0 Å². The lowest BCUT2D eigenvalue weighted by Gasteiger charge is -2.10. The van der Waals surface area contributed by atoms with E-state index in [9.17, 15) is 0 Å². The zero-order chi connectivity index (χ0) is 19.8. The molecule has 0 saturated carbocycles. The van der Waals surface area contributed by atoms with Crippen molar-refractivity contribution in [3.8, 4) is 23.0 Å². The summed E-state index contributed by atoms with van der Waals surface area (Å²) >= 11 is 0. The molecule has 5 rings (SSSR count). The van der Waals surface area contributed by atoms with E-state index in [0.29, 0.717) is 16.9 Å². The molecule has 5 aromatic rings. The molecule has 0 atom stereocenters. The maximum absolute atomic E-state index is 9.04. The van der Waals surface area contributed by atoms with Crippen LogP contribution in [0.1, 0.15) is 5.56 Å². The number of hydrogen-bond donors (Lipinski definition) is 0. The van der Waals surface area contributed by atoms with Crippen molar-refractivity contribution >= 4 is 27.5 Å². The molecule has 0 aliphatic rings. The van der Waals surface area contributed by atoms with Gasteiger partial charge in [0.05, 0.1) is 34.9 Å². The van der Waals surface area contributed by atoms with Crippen LogP contribution in [0, 0.1) is 17.9 Å². The third-order valence-corrected chi connectivity index (χ3v) is 5.10. The number of para-hydroxylation sites is 2. The van der Waals surface area contributed by atoms with Gasteiger partial charge in [0.25, 0.3) is 0 Å². The first kappa shape index (κ1) is 16.7. The average Bonchev–Trinajstić information content (AvgIpc) is 3.13. The van der Waals surface area contributed by atoms with E-state index >= 15 is 0 Å². The highest BCUT2D eigenvalue weighted by Gasteiger charge is 2.12. The zero-order valence-electron chi connectivity index (χ0n) is 15.4. The molecule has 4 heteroatoms. The van der Waals surface area contributed by atoms with Gasteiger partial charge in [-0.05, 0) is 35.9 Å². The fourth-order valence-corrected chi connectivity index (χ4v) is 3.79. The van der Waals surface area contributed by atoms with Crippen LogP contribution in [-0.2, 0) is 0 Å². The van der Waals surface area contributed by atoms with Gasteiger partial charge >= 0.3 is 0 Å². The molecule has 0 N–H and O–H groups in total. The Balaban J connectivity index is 1.67. The van der Waals surface area contributed by atoms with E-state index in [1.54, 1.807) is 6.07 Å². The second-order valence-corrected chi connectivity index (χ2v) is 6.73. The number of rotatable bonds is 2. The molecule has 134 valence electrons. The molecule has 0 bridgehead atoms. The maximum atomic E-state index is 9.04. The molecule has 0 fully saturated rings. The summed E-state index contributed by atoms with van der Waals surface area (Å²) in [7, 11) is 0. The number of nitriles is 1. The summed E-state index contributed by atoms with van der Waals surface area (Å²) in [6.07, 6.45) is 1.50. The summed E-state index contributed by atoms with van der Waals surface area (Å²) in [5.74, 6) is 0. The summed E-state index contributed by atoms with van der Waals surface area (Å²) in [5, 5.41) is 11.5. The Bertz CT molecular complexity index is 1410. The minimum absolute atomic E-state index is 0.383. The number of benzene rings is 3. The van der Waals surface area contributed by atoms with E-state index in [0.717, 1.165) is 22.3 Å². The molecule has 0 aliphatic heterocycles. The monoisotopic (exact) mass is 370 g/mol. The van der Waals surface area contributed by atoms with Crippen LogP contribution in [0.4, 0.5) is 5.69 Å². The van der Waals surface area contributed by atoms with Crippen molar-refractivity contribution in [1.29, 1.82) is 5.26 Å². The Morgan fingerprint density at radius 1 is 0.862 bits per heavy atom. The highest BCUT2D eigenvalue weighted by atomic mass is 15.0. The molecular formula is C25H14N4. The summed E-state index contributed by atoms with van der Waals surface area (Å²) in [4.78, 5) is 7.88. The molecule has 0 aliphatic carbocycles. The van der Waals surface area contributed by atoms with Crippen LogP contribution in [-0.4, -0.2) is 9.55 Å². The molecule has 3 aromatic carbocycles. The van der Waals surface area contributed by atoms with Crippen molar-refractivity contribution in [3.63, 3.8) is 0 Å². The van der Waals surface area contributed by atoms with Gasteiger partial charge in [-0.25, -0.2) is 4.85 Å². The normalized spacial score (nSPS) is 10.7. The first-order chi connectivity index (χ1) is 14.3. The molecule has 4 nitrogen and oxygen atoms in total. The Kier molecular flexibility index (Phi) is 3.83. The molecule has 0 spiro atoms. The molecule has 2 heterocycles. The zero-order valence-corrected chi connectivity index (χ0v) is 15.4. The fraction of sp³-hybridized carbons (Fsp3) is 0. The van der Waals surface area contributed by atoms with Gasteiger partial charge in [0.2, 0.25) is 5.69 Å². The lowest BCUT2D eigenvalue weighted by Crippen LogP contribution is -1.94. The summed E-state index contributed by atoms with van der Waals surface area (Å²) < 4.78 is 2.25. The number of fused-ring (bicyclic) bond motifs is 3. The van der Waals surface area contributed by atoms with Crippen molar-refractivity contribution < 1.29 is 0 Å². The van der Waals surface area contributed by atoms with Gasteiger partial charge in [0, 0.05) is 22.7 Å². The van der Waals surface area contributed by atoms with Gasteiger partial charge in [0.15, 0.2) is 0 Å². The van der Waals surface area contributed by atoms with Crippen molar-refractivity contribution in [3.05, 3.63) is 102 Å². The molecule has 2 aromatic heterocycles. The summed E-state index contributed by atoms with van der Waals surface area (Å²) in [5.41, 5.74) is 5.57. The van der Waals surface area contributed by atoms with Crippen LogP contribution in [0.25, 0.3) is 43.6 Å². The number of aromatic nitrogens is 2. The van der Waals surface area contributed by atoms with E-state index < -0.39 is 0 Å². The molecule has 0 saturated heterocycles. The van der Waals surface area contributed by atoms with Gasteiger partial charge in [-0.1, -0.05) is 48.5 Å². The second kappa shape index (κ2) is 6.64. The van der Waals surface area contributed by atoms with Crippen molar-refractivity contribution in [1.82, 2.24) is 9.55 Å². The van der Waals surface area contributed by atoms with Crippen LogP contribution in [0.2, 0.25) is 0 Å². The third kappa shape index (κ3) is 2.64. The van der Waals surface area contributed by atoms with Crippen LogP contribution >= 0.6 is 0 Å². The van der Waals surface area contributed by atoms with Gasteiger partial charge in [-0.3, -0.25) is 4.98 Å². The van der Waals surface area contributed by atoms with Crippen LogP contribution in [0.5, 0.6) is 0 Å². The number of pyridine rings is 1. The average molecular weight is 370 g/mol. The quantitative estimate of drug-likeness (QED) is 0.344. The summed E-state index contributed by atoms with van der Waals surface area (Å²) in [6, 6.07) is 28.4. The van der Waals surface area contributed by atoms with Crippen molar-refractivity contribution in [2.45, 2.75) is 0 Å². The molecule has 0 unspecified atom stereocenters. The van der Waals surface area contributed by atoms with Crippen molar-refractivity contribution in [2.24, 2.45) is 0 Å². The van der Waals surface area contributed by atoms with Crippen molar-refractivity contribution in [2.75, 3.05) is 0 Å². The van der Waals surface area contributed by atoms with Crippen LogP contribution < -0.4 is 0 Å². The van der Waals surface area contributed by atoms with E-state index in [4.69, 9.17) is 11.8 Å². The maximum Gasteiger partial charge on any atom is 0.214 e. The third-order valence-electron chi connectivity index (χ3n) is 5.10. The number of hydrogen-bond acceptors (Lipinski definition) is 2. The summed E-state index contributed by atoms with van der Waals surface area (Å²) in [6.45, 7) is 7.41. The molecule has 0 radical (unpaired) electrons. The SMILES string of the molecule is [C-]#[N+]c1cc(C#N)cnc1-c1ccc(-n2c3ccccc3c3ccccc32)cc1. The Morgan fingerprint density at radius 2 is 1.48 bits per heavy atom. The first-order valence-electron chi connectivity index (χ1n) is 9.17. The Morgan fingerprint density at radius 3 is 2.07 bits per heavy atom. The highest BCUT2D eigenvalue weighted by Crippen LogP contribution is 2.33. The highest BCUT2D eigenvalue weighted by molar-refractivity contribution is 6.09. The Labute approximate surface area is 167 Å². The number of nitrogens with zero attached hydrogens (tertiary/aromatic N) is 4. The lowest BCUT2D eigenvalue weighted by molar-refractivity contribution is 1.18. The topological polar surface area (TPSA) is 46.0 Å². The Hall–Kier alpha value is -4.41. The first-order valence-corrected chi connectivity index (χ1v) is 9.17. The smallest absolute Gasteiger partial charge is 0.214 e. The molecule has 0 amide bonds. The molecule has 29 heavy (non-hydrogen) atoms. The molecular weight excluding hydrogens is 356 g/mol. The van der Waals surface area contributed by atoms with Gasteiger partial charge in [-0.15, -0.1) is 0 Å². The van der Waals surface area contributed by atoms with E-state index in [2.05, 4.69) is 62.9 Å². The van der Waals surface area contributed by atoms with Crippen LogP contribution in [0.15, 0.2) is 85.1 Å². The second-order valence-electron chi connectivity index (χ2n) is 6.73. The van der Waals surface area contributed by atoms with Gasteiger partial charge in [0.1, 0.15) is 0 Å². The predicted octanol–water partition coefficient (Wildman–Crippen LogP) is 6.27.